The first-order valence-electron chi connectivity index (χ1n) is 4.35. The fourth-order valence-electron chi connectivity index (χ4n) is 1.23. The van der Waals surface area contributed by atoms with E-state index in [1.54, 1.807) is 0 Å². The molecule has 2 nitrogen and oxygen atoms in total. The Balaban J connectivity index is 4.19. The molecule has 0 aromatic rings. The van der Waals surface area contributed by atoms with Gasteiger partial charge in [0, 0.05) is 0 Å². The summed E-state index contributed by atoms with van der Waals surface area (Å²) in [6.07, 6.45) is -0.219. The molecule has 0 heterocycles. The number of ether oxygens (including phenoxy) is 1. The SMILES string of the molecule is CC(C)C(OC(=O)C(F)Br)C(C)C. The van der Waals surface area contributed by atoms with Crippen molar-refractivity contribution in [2.75, 3.05) is 0 Å². The molecule has 0 spiro atoms. The van der Waals surface area contributed by atoms with Crippen LogP contribution in [0.15, 0.2) is 0 Å². The summed E-state index contributed by atoms with van der Waals surface area (Å²) in [6.45, 7) is 7.78. The molecule has 0 aliphatic heterocycles. The minimum absolute atomic E-state index is 0.204. The average molecular weight is 255 g/mol. The summed E-state index contributed by atoms with van der Waals surface area (Å²) >= 11 is 2.53. The molecule has 0 radical (unpaired) electrons. The second kappa shape index (κ2) is 5.58. The van der Waals surface area contributed by atoms with Gasteiger partial charge in [-0.05, 0) is 27.8 Å². The Bertz CT molecular complexity index is 161. The van der Waals surface area contributed by atoms with Crippen LogP contribution in [-0.4, -0.2) is 17.2 Å². The standard InChI is InChI=1S/C9H16BrFO2/c1-5(2)7(6(3)4)13-9(12)8(10)11/h5-8H,1-4H3. The van der Waals surface area contributed by atoms with Crippen molar-refractivity contribution < 1.29 is 13.9 Å². The number of hydrogen-bond acceptors (Lipinski definition) is 2. The van der Waals surface area contributed by atoms with Crippen LogP contribution in [0, 0.1) is 11.8 Å². The molecule has 0 saturated heterocycles. The highest BCUT2D eigenvalue weighted by Gasteiger charge is 2.25. The zero-order chi connectivity index (χ0) is 10.6. The Morgan fingerprint density at radius 1 is 1.23 bits per heavy atom. The highest BCUT2D eigenvalue weighted by Crippen LogP contribution is 2.18. The maximum atomic E-state index is 12.4. The van der Waals surface area contributed by atoms with E-state index < -0.39 is 11.1 Å². The van der Waals surface area contributed by atoms with Crippen molar-refractivity contribution >= 4 is 21.9 Å². The molecule has 4 heteroatoms. The van der Waals surface area contributed by atoms with Gasteiger partial charge in [-0.2, -0.15) is 0 Å². The van der Waals surface area contributed by atoms with Gasteiger partial charge in [-0.25, -0.2) is 9.18 Å². The Labute approximate surface area is 87.0 Å². The van der Waals surface area contributed by atoms with E-state index in [9.17, 15) is 9.18 Å². The van der Waals surface area contributed by atoms with E-state index in [2.05, 4.69) is 15.9 Å². The molecule has 0 bridgehead atoms. The van der Waals surface area contributed by atoms with Gasteiger partial charge in [0.05, 0.1) is 0 Å². The van der Waals surface area contributed by atoms with Gasteiger partial charge >= 0.3 is 5.97 Å². The fourth-order valence-corrected chi connectivity index (χ4v) is 1.34. The second-order valence-corrected chi connectivity index (χ2v) is 4.49. The van der Waals surface area contributed by atoms with Gasteiger partial charge in [-0.1, -0.05) is 27.7 Å². The molecule has 1 atom stereocenters. The minimum Gasteiger partial charge on any atom is -0.459 e. The number of carbonyl (C=O) groups is 1. The van der Waals surface area contributed by atoms with Gasteiger partial charge in [0.15, 0.2) is 0 Å². The normalized spacial score (nSPS) is 13.9. The first kappa shape index (κ1) is 12.9. The van der Waals surface area contributed by atoms with Gasteiger partial charge in [-0.3, -0.25) is 0 Å². The summed E-state index contributed by atoms with van der Waals surface area (Å²) in [5, 5.41) is -1.72. The predicted octanol–water partition coefficient (Wildman–Crippen LogP) is 2.90. The van der Waals surface area contributed by atoms with Gasteiger partial charge in [-0.15, -0.1) is 0 Å². The molecule has 13 heavy (non-hydrogen) atoms. The van der Waals surface area contributed by atoms with E-state index in [0.717, 1.165) is 0 Å². The molecule has 0 fully saturated rings. The average Bonchev–Trinajstić information content (AvgIpc) is 1.97. The molecule has 0 saturated carbocycles. The molecule has 0 aromatic carbocycles. The van der Waals surface area contributed by atoms with Crippen LogP contribution in [-0.2, 0) is 9.53 Å². The van der Waals surface area contributed by atoms with Crippen molar-refractivity contribution in [1.29, 1.82) is 0 Å². The van der Waals surface area contributed by atoms with Crippen LogP contribution >= 0.6 is 15.9 Å². The van der Waals surface area contributed by atoms with Crippen LogP contribution in [0.2, 0.25) is 0 Å². The number of halogens is 2. The van der Waals surface area contributed by atoms with Crippen molar-refractivity contribution in [1.82, 2.24) is 0 Å². The molecule has 0 aliphatic carbocycles. The van der Waals surface area contributed by atoms with E-state index in [4.69, 9.17) is 4.74 Å². The number of alkyl halides is 2. The van der Waals surface area contributed by atoms with Crippen LogP contribution in [0.3, 0.4) is 0 Å². The largest absolute Gasteiger partial charge is 0.459 e. The van der Waals surface area contributed by atoms with Crippen LogP contribution < -0.4 is 0 Å². The molecule has 0 aliphatic rings. The molecular weight excluding hydrogens is 239 g/mol. The third-order valence-electron chi connectivity index (χ3n) is 1.74. The highest BCUT2D eigenvalue weighted by atomic mass is 79.9. The van der Waals surface area contributed by atoms with Crippen molar-refractivity contribution in [3.63, 3.8) is 0 Å². The number of carbonyl (C=O) groups excluding carboxylic acids is 1. The van der Waals surface area contributed by atoms with E-state index in [-0.39, 0.29) is 17.9 Å². The van der Waals surface area contributed by atoms with Gasteiger partial charge < -0.3 is 4.74 Å². The minimum atomic E-state index is -1.72. The summed E-state index contributed by atoms with van der Waals surface area (Å²) in [7, 11) is 0. The summed E-state index contributed by atoms with van der Waals surface area (Å²) in [4.78, 5) is 10.9. The first-order valence-corrected chi connectivity index (χ1v) is 5.26. The second-order valence-electron chi connectivity index (χ2n) is 3.69. The Morgan fingerprint density at radius 2 is 1.62 bits per heavy atom. The summed E-state index contributed by atoms with van der Waals surface area (Å²) < 4.78 is 17.4. The zero-order valence-corrected chi connectivity index (χ0v) is 9.97. The summed E-state index contributed by atoms with van der Waals surface area (Å²) in [5.41, 5.74) is 0. The van der Waals surface area contributed by atoms with Gasteiger partial charge in [0.1, 0.15) is 6.10 Å². The number of rotatable bonds is 4. The number of hydrogen-bond donors (Lipinski definition) is 0. The molecule has 1 unspecified atom stereocenters. The van der Waals surface area contributed by atoms with Crippen LogP contribution in [0.25, 0.3) is 0 Å². The number of esters is 1. The lowest BCUT2D eigenvalue weighted by Gasteiger charge is -2.24. The van der Waals surface area contributed by atoms with Crippen molar-refractivity contribution in [2.45, 2.75) is 38.9 Å². The predicted molar refractivity (Wildman–Crippen MR) is 53.4 cm³/mol. The molecule has 0 N–H and O–H groups in total. The Hall–Kier alpha value is -0.120. The lowest BCUT2D eigenvalue weighted by atomic mass is 9.96. The van der Waals surface area contributed by atoms with Crippen LogP contribution in [0.1, 0.15) is 27.7 Å². The fraction of sp³-hybridized carbons (Fsp3) is 0.889. The highest BCUT2D eigenvalue weighted by molar-refractivity contribution is 9.09. The Kier molecular flexibility index (Phi) is 5.53. The third kappa shape index (κ3) is 4.60. The van der Waals surface area contributed by atoms with Gasteiger partial charge in [0.2, 0.25) is 0 Å². The van der Waals surface area contributed by atoms with E-state index in [1.165, 1.54) is 0 Å². The topological polar surface area (TPSA) is 26.3 Å². The van der Waals surface area contributed by atoms with Crippen molar-refractivity contribution in [3.05, 3.63) is 0 Å². The lowest BCUT2D eigenvalue weighted by Crippen LogP contribution is -2.30. The molecule has 0 rings (SSSR count). The van der Waals surface area contributed by atoms with Crippen molar-refractivity contribution in [2.24, 2.45) is 11.8 Å². The smallest absolute Gasteiger partial charge is 0.352 e. The molecule has 0 amide bonds. The molecular formula is C9H16BrFO2. The van der Waals surface area contributed by atoms with E-state index in [0.29, 0.717) is 0 Å². The quantitative estimate of drug-likeness (QED) is 0.570. The first-order chi connectivity index (χ1) is 5.86. The van der Waals surface area contributed by atoms with E-state index >= 15 is 0 Å². The van der Waals surface area contributed by atoms with E-state index in [1.807, 2.05) is 27.7 Å². The summed E-state index contributed by atoms with van der Waals surface area (Å²) in [5.74, 6) is -0.433. The molecule has 78 valence electrons. The maximum absolute atomic E-state index is 12.4. The van der Waals surface area contributed by atoms with Gasteiger partial charge in [0.25, 0.3) is 5.08 Å². The Morgan fingerprint density at radius 3 is 1.85 bits per heavy atom. The zero-order valence-electron chi connectivity index (χ0n) is 8.38. The van der Waals surface area contributed by atoms with Crippen LogP contribution in [0.4, 0.5) is 4.39 Å². The maximum Gasteiger partial charge on any atom is 0.352 e. The monoisotopic (exact) mass is 254 g/mol. The van der Waals surface area contributed by atoms with Crippen LogP contribution in [0.5, 0.6) is 0 Å². The third-order valence-corrected chi connectivity index (χ3v) is 2.12. The van der Waals surface area contributed by atoms with Crippen molar-refractivity contribution in [3.8, 4) is 0 Å². The summed E-state index contributed by atoms with van der Waals surface area (Å²) in [6, 6.07) is 0. The molecule has 0 aromatic heterocycles. The lowest BCUT2D eigenvalue weighted by molar-refractivity contribution is -0.156.